The first-order chi connectivity index (χ1) is 12.1. The molecule has 4 aliphatic rings. The van der Waals surface area contributed by atoms with Crippen LogP contribution in [0.15, 0.2) is 0 Å². The smallest absolute Gasteiger partial charge is 0.238 e. The lowest BCUT2D eigenvalue weighted by molar-refractivity contribution is -0.148. The Hall–Kier alpha value is -0.660. The molecule has 2 saturated carbocycles. The van der Waals surface area contributed by atoms with Crippen LogP contribution < -0.4 is 0 Å². The quantitative estimate of drug-likeness (QED) is 0.680. The third-order valence-electron chi connectivity index (χ3n) is 7.83. The number of carbonyl (C=O) groups is 1. The number of hydrogen-bond acceptors (Lipinski definition) is 5. The molecule has 2 aliphatic carbocycles. The van der Waals surface area contributed by atoms with Gasteiger partial charge in [-0.3, -0.25) is 4.79 Å². The maximum atomic E-state index is 12.8. The van der Waals surface area contributed by atoms with Crippen LogP contribution in [0.5, 0.6) is 0 Å². The van der Waals surface area contributed by atoms with E-state index in [9.17, 15) is 13.2 Å². The average molecular weight is 386 g/mol. The van der Waals surface area contributed by atoms with Gasteiger partial charge in [0.25, 0.3) is 0 Å². The van der Waals surface area contributed by atoms with E-state index in [2.05, 4.69) is 13.8 Å². The second-order valence-electron chi connectivity index (χ2n) is 9.35. The number of unbranched alkanes of at least 4 members (excludes halogenated alkanes) is 1. The van der Waals surface area contributed by atoms with E-state index in [1.807, 2.05) is 6.92 Å². The van der Waals surface area contributed by atoms with Crippen molar-refractivity contribution in [3.8, 4) is 0 Å². The molecule has 0 radical (unpaired) electrons. The number of fused-ring (bicyclic) bond motifs is 1. The van der Waals surface area contributed by atoms with Crippen molar-refractivity contribution in [2.45, 2.75) is 77.5 Å². The van der Waals surface area contributed by atoms with Gasteiger partial charge in [-0.05, 0) is 50.4 Å². The maximum absolute atomic E-state index is 12.8. The van der Waals surface area contributed by atoms with Gasteiger partial charge in [-0.2, -0.15) is 0 Å². The van der Waals surface area contributed by atoms with Crippen molar-refractivity contribution in [3.63, 3.8) is 0 Å². The molecule has 0 N–H and O–H groups in total. The molecule has 6 nitrogen and oxygen atoms in total. The van der Waals surface area contributed by atoms with Crippen LogP contribution in [0.4, 0.5) is 0 Å². The summed E-state index contributed by atoms with van der Waals surface area (Å²) >= 11 is 0. The fourth-order valence-electron chi connectivity index (χ4n) is 6.15. The Bertz CT molecular complexity index is 697. The Morgan fingerprint density at radius 1 is 1.15 bits per heavy atom. The SMILES string of the molecule is CC1(CCCCC(=O)N2[C@@H]3C[C@H]4CC[C@]3(CS2(=O)=O)C4(C)C)OCCO1. The molecule has 2 bridgehead atoms. The average Bonchev–Trinajstić information content (AvgIpc) is 3.20. The lowest BCUT2D eigenvalue weighted by Gasteiger charge is -2.37. The topological polar surface area (TPSA) is 72.9 Å². The molecular weight excluding hydrogens is 354 g/mol. The Kier molecular flexibility index (Phi) is 4.25. The van der Waals surface area contributed by atoms with E-state index >= 15 is 0 Å². The third-order valence-corrected chi connectivity index (χ3v) is 9.76. The van der Waals surface area contributed by atoms with Crippen molar-refractivity contribution in [2.75, 3.05) is 19.0 Å². The van der Waals surface area contributed by atoms with Crippen molar-refractivity contribution < 1.29 is 22.7 Å². The van der Waals surface area contributed by atoms with Gasteiger partial charge >= 0.3 is 0 Å². The third kappa shape index (κ3) is 2.57. The number of amides is 1. The molecule has 4 fully saturated rings. The Balaban J connectivity index is 1.40. The van der Waals surface area contributed by atoms with Gasteiger partial charge in [0, 0.05) is 18.3 Å². The number of carbonyl (C=O) groups excluding carboxylic acids is 1. The summed E-state index contributed by atoms with van der Waals surface area (Å²) in [5, 5.41) is 0. The first kappa shape index (κ1) is 18.7. The van der Waals surface area contributed by atoms with E-state index in [1.165, 1.54) is 4.31 Å². The minimum absolute atomic E-state index is 0.00547. The molecule has 2 aliphatic heterocycles. The summed E-state index contributed by atoms with van der Waals surface area (Å²) in [5.41, 5.74) is -0.226. The number of hydrogen-bond donors (Lipinski definition) is 0. The molecule has 0 aromatic heterocycles. The predicted octanol–water partition coefficient (Wildman–Crippen LogP) is 2.68. The van der Waals surface area contributed by atoms with E-state index in [1.54, 1.807) is 0 Å². The Morgan fingerprint density at radius 3 is 2.50 bits per heavy atom. The van der Waals surface area contributed by atoms with Crippen molar-refractivity contribution in [1.29, 1.82) is 0 Å². The summed E-state index contributed by atoms with van der Waals surface area (Å²) < 4.78 is 38.1. The first-order valence-corrected chi connectivity index (χ1v) is 11.6. The molecule has 2 saturated heterocycles. The van der Waals surface area contributed by atoms with Crippen LogP contribution in [0, 0.1) is 16.7 Å². The fraction of sp³-hybridized carbons (Fsp3) is 0.947. The van der Waals surface area contributed by atoms with Crippen molar-refractivity contribution in [2.24, 2.45) is 16.7 Å². The van der Waals surface area contributed by atoms with Crippen LogP contribution in [-0.2, 0) is 24.3 Å². The molecule has 0 aromatic carbocycles. The van der Waals surface area contributed by atoms with E-state index < -0.39 is 15.8 Å². The Labute approximate surface area is 156 Å². The zero-order valence-electron chi connectivity index (χ0n) is 16.1. The van der Waals surface area contributed by atoms with E-state index in [-0.39, 0.29) is 35.0 Å². The van der Waals surface area contributed by atoms with Gasteiger partial charge in [-0.1, -0.05) is 13.8 Å². The molecule has 4 rings (SSSR count). The van der Waals surface area contributed by atoms with Crippen LogP contribution in [-0.4, -0.2) is 49.4 Å². The summed E-state index contributed by atoms with van der Waals surface area (Å²) in [7, 11) is -3.49. The van der Waals surface area contributed by atoms with Crippen LogP contribution in [0.1, 0.15) is 65.7 Å². The van der Waals surface area contributed by atoms with E-state index in [4.69, 9.17) is 9.47 Å². The summed E-state index contributed by atoms with van der Waals surface area (Å²) in [6.45, 7) is 7.56. The molecule has 0 aromatic rings. The highest BCUT2D eigenvalue weighted by Crippen LogP contribution is 2.70. The van der Waals surface area contributed by atoms with Crippen LogP contribution in [0.2, 0.25) is 0 Å². The molecule has 26 heavy (non-hydrogen) atoms. The van der Waals surface area contributed by atoms with Gasteiger partial charge in [-0.25, -0.2) is 12.7 Å². The number of sulfonamides is 1. The molecule has 2 heterocycles. The fourth-order valence-corrected chi connectivity index (χ4v) is 8.73. The van der Waals surface area contributed by atoms with E-state index in [0.717, 1.165) is 32.1 Å². The summed E-state index contributed by atoms with van der Waals surface area (Å²) in [6.07, 6.45) is 5.35. The summed E-state index contributed by atoms with van der Waals surface area (Å²) in [5.74, 6) is -0.0651. The number of ether oxygens (including phenoxy) is 2. The zero-order valence-corrected chi connectivity index (χ0v) is 16.9. The Morgan fingerprint density at radius 2 is 1.85 bits per heavy atom. The maximum Gasteiger partial charge on any atom is 0.238 e. The van der Waals surface area contributed by atoms with Crippen LogP contribution >= 0.6 is 0 Å². The minimum Gasteiger partial charge on any atom is -0.348 e. The van der Waals surface area contributed by atoms with Gasteiger partial charge in [0.2, 0.25) is 15.9 Å². The normalized spacial score (nSPS) is 38.7. The van der Waals surface area contributed by atoms with Gasteiger partial charge in [0.1, 0.15) is 0 Å². The summed E-state index contributed by atoms with van der Waals surface area (Å²) in [6, 6.07) is -0.118. The van der Waals surface area contributed by atoms with Crippen LogP contribution in [0.25, 0.3) is 0 Å². The second kappa shape index (κ2) is 5.92. The standard InChI is InChI=1S/C19H31NO5S/c1-17(2)14-7-9-19(17)13-26(22,23)20(15(19)12-14)16(21)6-4-5-8-18(3)24-10-11-25-18/h14-15H,4-13H2,1-3H3/t14-,15-,19-/m1/s1. The van der Waals surface area contributed by atoms with Gasteiger partial charge in [0.15, 0.2) is 5.79 Å². The molecular formula is C19H31NO5S. The van der Waals surface area contributed by atoms with Crippen molar-refractivity contribution in [3.05, 3.63) is 0 Å². The van der Waals surface area contributed by atoms with E-state index in [0.29, 0.717) is 25.6 Å². The zero-order chi connectivity index (χ0) is 18.8. The van der Waals surface area contributed by atoms with Gasteiger partial charge in [0.05, 0.1) is 25.0 Å². The van der Waals surface area contributed by atoms with Crippen molar-refractivity contribution >= 4 is 15.9 Å². The van der Waals surface area contributed by atoms with Gasteiger partial charge < -0.3 is 9.47 Å². The second-order valence-corrected chi connectivity index (χ2v) is 11.2. The highest BCUT2D eigenvalue weighted by Gasteiger charge is 2.72. The molecule has 1 spiro atoms. The van der Waals surface area contributed by atoms with Crippen LogP contribution in [0.3, 0.4) is 0 Å². The highest BCUT2D eigenvalue weighted by molar-refractivity contribution is 7.90. The van der Waals surface area contributed by atoms with Gasteiger partial charge in [-0.15, -0.1) is 0 Å². The minimum atomic E-state index is -3.49. The lowest BCUT2D eigenvalue weighted by Crippen LogP contribution is -2.44. The molecule has 3 atom stereocenters. The molecule has 148 valence electrons. The molecule has 1 amide bonds. The molecule has 7 heteroatoms. The highest BCUT2D eigenvalue weighted by atomic mass is 32.2. The lowest BCUT2D eigenvalue weighted by atomic mass is 9.69. The first-order valence-electron chi connectivity index (χ1n) is 9.94. The van der Waals surface area contributed by atoms with Crippen molar-refractivity contribution in [1.82, 2.24) is 4.31 Å². The number of rotatable bonds is 5. The largest absolute Gasteiger partial charge is 0.348 e. The molecule has 0 unspecified atom stereocenters. The summed E-state index contributed by atoms with van der Waals surface area (Å²) in [4.78, 5) is 12.8. The predicted molar refractivity (Wildman–Crippen MR) is 96.8 cm³/mol. The number of nitrogens with zero attached hydrogens (tertiary/aromatic N) is 1. The monoisotopic (exact) mass is 385 g/mol.